The van der Waals surface area contributed by atoms with Crippen molar-refractivity contribution in [1.29, 1.82) is 0 Å². The molecule has 0 atom stereocenters. The molecule has 0 aliphatic carbocycles. The van der Waals surface area contributed by atoms with Crippen LogP contribution in [0.1, 0.15) is 0 Å². The Labute approximate surface area is 92.2 Å². The first kappa shape index (κ1) is 9.35. The molecule has 1 aliphatic rings. The summed E-state index contributed by atoms with van der Waals surface area (Å²) in [4.78, 5) is 11.8. The number of hydrogen-bond acceptors (Lipinski definition) is 3. The summed E-state index contributed by atoms with van der Waals surface area (Å²) < 4.78 is 0. The maximum atomic E-state index is 11.8. The molecule has 0 bridgehead atoms. The minimum Gasteiger partial charge on any atom is -0.325 e. The van der Waals surface area contributed by atoms with E-state index in [1.54, 1.807) is 6.20 Å². The van der Waals surface area contributed by atoms with Crippen LogP contribution in [0.15, 0.2) is 24.4 Å². The van der Waals surface area contributed by atoms with Gasteiger partial charge < -0.3 is 10.6 Å². The fourth-order valence-electron chi connectivity index (χ4n) is 1.79. The summed E-state index contributed by atoms with van der Waals surface area (Å²) in [6.07, 6.45) is 1.73. The van der Waals surface area contributed by atoms with Gasteiger partial charge in [0.1, 0.15) is 0 Å². The molecule has 0 saturated carbocycles. The molecule has 3 N–H and O–H groups in total. The lowest BCUT2D eigenvalue weighted by Crippen LogP contribution is -2.48. The number of H-pyrrole nitrogens is 1. The van der Waals surface area contributed by atoms with Crippen molar-refractivity contribution in [3.05, 3.63) is 24.4 Å². The predicted octanol–water partition coefficient (Wildman–Crippen LogP) is 0.721. The van der Waals surface area contributed by atoms with E-state index < -0.39 is 0 Å². The summed E-state index contributed by atoms with van der Waals surface area (Å²) in [5.41, 5.74) is 1.76. The molecule has 0 spiro atoms. The van der Waals surface area contributed by atoms with Gasteiger partial charge in [-0.1, -0.05) is 6.07 Å². The fraction of sp³-hybridized carbons (Fsp3) is 0.273. The van der Waals surface area contributed by atoms with Crippen molar-refractivity contribution in [2.24, 2.45) is 5.92 Å². The molecule has 0 unspecified atom stereocenters. The molecule has 1 aromatic heterocycles. The van der Waals surface area contributed by atoms with Crippen LogP contribution in [-0.2, 0) is 4.79 Å². The monoisotopic (exact) mass is 216 g/mol. The molecule has 1 fully saturated rings. The standard InChI is InChI=1S/C11H12N4O/c16-11(7-4-12-5-7)14-9-2-1-3-10-8(9)6-13-15-10/h1-3,6-7,12H,4-5H2,(H,13,15)(H,14,16). The third kappa shape index (κ3) is 1.45. The van der Waals surface area contributed by atoms with E-state index in [0.29, 0.717) is 0 Å². The number of amides is 1. The molecule has 1 amide bonds. The van der Waals surface area contributed by atoms with E-state index in [4.69, 9.17) is 0 Å². The molecule has 1 aromatic carbocycles. The average Bonchev–Trinajstić information content (AvgIpc) is 2.63. The minimum absolute atomic E-state index is 0.0763. The summed E-state index contributed by atoms with van der Waals surface area (Å²) in [6.45, 7) is 1.54. The van der Waals surface area contributed by atoms with Gasteiger partial charge in [-0.25, -0.2) is 0 Å². The third-order valence-corrected chi connectivity index (χ3v) is 2.89. The van der Waals surface area contributed by atoms with Gasteiger partial charge in [0, 0.05) is 18.5 Å². The summed E-state index contributed by atoms with van der Waals surface area (Å²) in [5, 5.41) is 13.8. The van der Waals surface area contributed by atoms with Crippen LogP contribution in [0.25, 0.3) is 10.9 Å². The Morgan fingerprint density at radius 2 is 2.31 bits per heavy atom. The number of nitrogens with zero attached hydrogens (tertiary/aromatic N) is 1. The molecule has 3 rings (SSSR count). The topological polar surface area (TPSA) is 69.8 Å². The number of fused-ring (bicyclic) bond motifs is 1. The molecule has 5 heteroatoms. The number of rotatable bonds is 2. The second-order valence-electron chi connectivity index (χ2n) is 3.98. The number of benzene rings is 1. The highest BCUT2D eigenvalue weighted by molar-refractivity contribution is 6.01. The van der Waals surface area contributed by atoms with Gasteiger partial charge in [0.2, 0.25) is 5.91 Å². The number of carbonyl (C=O) groups is 1. The Bertz CT molecular complexity index is 530. The summed E-state index contributed by atoms with van der Waals surface area (Å²) >= 11 is 0. The normalized spacial score (nSPS) is 16.0. The van der Waals surface area contributed by atoms with E-state index in [-0.39, 0.29) is 11.8 Å². The van der Waals surface area contributed by atoms with Crippen LogP contribution in [0.2, 0.25) is 0 Å². The summed E-state index contributed by atoms with van der Waals surface area (Å²) in [6, 6.07) is 5.72. The van der Waals surface area contributed by atoms with Gasteiger partial charge in [0.15, 0.2) is 0 Å². The van der Waals surface area contributed by atoms with Gasteiger partial charge in [-0.15, -0.1) is 0 Å². The molecule has 16 heavy (non-hydrogen) atoms. The van der Waals surface area contributed by atoms with E-state index in [1.807, 2.05) is 18.2 Å². The highest BCUT2D eigenvalue weighted by Crippen LogP contribution is 2.21. The van der Waals surface area contributed by atoms with E-state index in [2.05, 4.69) is 20.8 Å². The molecule has 1 saturated heterocycles. The summed E-state index contributed by atoms with van der Waals surface area (Å²) in [5.74, 6) is 0.176. The maximum Gasteiger partial charge on any atom is 0.230 e. The number of anilines is 1. The van der Waals surface area contributed by atoms with E-state index in [0.717, 1.165) is 29.7 Å². The smallest absolute Gasteiger partial charge is 0.230 e. The lowest BCUT2D eigenvalue weighted by atomic mass is 10.0. The van der Waals surface area contributed by atoms with E-state index in [1.165, 1.54) is 0 Å². The van der Waals surface area contributed by atoms with Crippen LogP contribution < -0.4 is 10.6 Å². The molecule has 2 heterocycles. The zero-order valence-corrected chi connectivity index (χ0v) is 8.66. The molecular weight excluding hydrogens is 204 g/mol. The zero-order chi connectivity index (χ0) is 11.0. The van der Waals surface area contributed by atoms with Gasteiger partial charge in [-0.3, -0.25) is 9.89 Å². The highest BCUT2D eigenvalue weighted by Gasteiger charge is 2.25. The SMILES string of the molecule is O=C(Nc1cccc2[nH]ncc12)C1CNC1. The lowest BCUT2D eigenvalue weighted by Gasteiger charge is -2.25. The number of aromatic nitrogens is 2. The van der Waals surface area contributed by atoms with Crippen LogP contribution in [0.4, 0.5) is 5.69 Å². The molecule has 1 aliphatic heterocycles. The highest BCUT2D eigenvalue weighted by atomic mass is 16.2. The van der Waals surface area contributed by atoms with Crippen molar-refractivity contribution in [2.45, 2.75) is 0 Å². The maximum absolute atomic E-state index is 11.8. The van der Waals surface area contributed by atoms with Crippen LogP contribution in [0.3, 0.4) is 0 Å². The van der Waals surface area contributed by atoms with Gasteiger partial charge >= 0.3 is 0 Å². The molecule has 5 nitrogen and oxygen atoms in total. The van der Waals surface area contributed by atoms with Crippen molar-refractivity contribution in [2.75, 3.05) is 18.4 Å². The van der Waals surface area contributed by atoms with E-state index in [9.17, 15) is 4.79 Å². The third-order valence-electron chi connectivity index (χ3n) is 2.89. The molecule has 2 aromatic rings. The predicted molar refractivity (Wildman–Crippen MR) is 61.1 cm³/mol. The van der Waals surface area contributed by atoms with Crippen molar-refractivity contribution in [3.63, 3.8) is 0 Å². The lowest BCUT2D eigenvalue weighted by molar-refractivity contribution is -0.121. The van der Waals surface area contributed by atoms with E-state index >= 15 is 0 Å². The number of carbonyl (C=O) groups excluding carboxylic acids is 1. The van der Waals surface area contributed by atoms with Gasteiger partial charge in [0.05, 0.1) is 23.3 Å². The van der Waals surface area contributed by atoms with Crippen molar-refractivity contribution in [1.82, 2.24) is 15.5 Å². The van der Waals surface area contributed by atoms with Gasteiger partial charge in [-0.05, 0) is 12.1 Å². The second kappa shape index (κ2) is 3.61. The first-order valence-corrected chi connectivity index (χ1v) is 5.28. The molecular formula is C11H12N4O. The largest absolute Gasteiger partial charge is 0.325 e. The Morgan fingerprint density at radius 1 is 1.44 bits per heavy atom. The quantitative estimate of drug-likeness (QED) is 0.692. The number of nitrogens with one attached hydrogen (secondary N) is 3. The minimum atomic E-state index is 0.0763. The molecule has 0 radical (unpaired) electrons. The fourth-order valence-corrected chi connectivity index (χ4v) is 1.79. The second-order valence-corrected chi connectivity index (χ2v) is 3.98. The first-order chi connectivity index (χ1) is 7.84. The molecule has 82 valence electrons. The van der Waals surface area contributed by atoms with Gasteiger partial charge in [-0.2, -0.15) is 5.10 Å². The first-order valence-electron chi connectivity index (χ1n) is 5.28. The Hall–Kier alpha value is -1.88. The van der Waals surface area contributed by atoms with Crippen LogP contribution in [-0.4, -0.2) is 29.2 Å². The Balaban J connectivity index is 1.88. The summed E-state index contributed by atoms with van der Waals surface area (Å²) in [7, 11) is 0. The van der Waals surface area contributed by atoms with Crippen LogP contribution in [0, 0.1) is 5.92 Å². The van der Waals surface area contributed by atoms with Crippen molar-refractivity contribution in [3.8, 4) is 0 Å². The van der Waals surface area contributed by atoms with Crippen LogP contribution in [0.5, 0.6) is 0 Å². The van der Waals surface area contributed by atoms with Crippen molar-refractivity contribution < 1.29 is 4.79 Å². The average molecular weight is 216 g/mol. The number of hydrogen-bond donors (Lipinski definition) is 3. The Kier molecular flexibility index (Phi) is 2.11. The zero-order valence-electron chi connectivity index (χ0n) is 8.66. The van der Waals surface area contributed by atoms with Crippen LogP contribution >= 0.6 is 0 Å². The number of aromatic amines is 1. The van der Waals surface area contributed by atoms with Crippen molar-refractivity contribution >= 4 is 22.5 Å². The Morgan fingerprint density at radius 3 is 3.06 bits per heavy atom. The van der Waals surface area contributed by atoms with Gasteiger partial charge in [0.25, 0.3) is 0 Å².